The van der Waals surface area contributed by atoms with Gasteiger partial charge in [0, 0.05) is 17.1 Å². The molecule has 0 saturated heterocycles. The van der Waals surface area contributed by atoms with E-state index in [0.717, 1.165) is 10.0 Å². The van der Waals surface area contributed by atoms with Crippen LogP contribution in [0.3, 0.4) is 0 Å². The Morgan fingerprint density at radius 3 is 2.75 bits per heavy atom. The third-order valence-corrected chi connectivity index (χ3v) is 4.16. The molecule has 2 heterocycles. The molecule has 0 bridgehead atoms. The Kier molecular flexibility index (Phi) is 3.02. The van der Waals surface area contributed by atoms with Crippen LogP contribution in [-0.4, -0.2) is 19.5 Å². The lowest BCUT2D eigenvalue weighted by atomic mass is 10.2. The third kappa shape index (κ3) is 1.99. The second-order valence-electron chi connectivity index (χ2n) is 4.23. The summed E-state index contributed by atoms with van der Waals surface area (Å²) in [6, 6.07) is 5.28. The maximum absolute atomic E-state index is 11.7. The Morgan fingerprint density at radius 2 is 2.05 bits per heavy atom. The van der Waals surface area contributed by atoms with Gasteiger partial charge in [-0.15, -0.1) is 0 Å². The number of H-pyrrole nitrogens is 2. The number of fused-ring (bicyclic) bond motifs is 1. The van der Waals surface area contributed by atoms with Crippen LogP contribution >= 0.6 is 27.5 Å². The molecule has 0 amide bonds. The van der Waals surface area contributed by atoms with E-state index in [2.05, 4.69) is 30.9 Å². The van der Waals surface area contributed by atoms with Gasteiger partial charge in [-0.1, -0.05) is 11.6 Å². The maximum Gasteiger partial charge on any atom is 0.329 e. The summed E-state index contributed by atoms with van der Waals surface area (Å²) in [4.78, 5) is 32.7. The minimum Gasteiger partial charge on any atom is -0.332 e. The van der Waals surface area contributed by atoms with Crippen molar-refractivity contribution in [3.05, 3.63) is 48.5 Å². The van der Waals surface area contributed by atoms with Crippen molar-refractivity contribution in [2.45, 2.75) is 0 Å². The van der Waals surface area contributed by atoms with E-state index in [-0.39, 0.29) is 5.52 Å². The number of benzene rings is 1. The summed E-state index contributed by atoms with van der Waals surface area (Å²) in [6.07, 6.45) is 0. The van der Waals surface area contributed by atoms with E-state index < -0.39 is 11.2 Å². The average Bonchev–Trinajstić information content (AvgIpc) is 2.85. The first-order chi connectivity index (χ1) is 9.47. The van der Waals surface area contributed by atoms with Crippen LogP contribution in [0, 0.1) is 0 Å². The normalized spacial score (nSPS) is 11.2. The standard InChI is InChI=1S/C12H8BrClN4O2/c1-18-10-8(11(19)17-12(18)20)15-9(16-10)5-2-3-7(14)6(13)4-5/h2-4H,1H3,(H,15,16)(H,17,19,20). The molecule has 6 nitrogen and oxygen atoms in total. The summed E-state index contributed by atoms with van der Waals surface area (Å²) in [6.45, 7) is 0. The zero-order valence-electron chi connectivity index (χ0n) is 10.2. The SMILES string of the molecule is Cn1c(=O)[nH]c(=O)c2[nH]c(-c3ccc(Cl)c(Br)c3)nc21. The van der Waals surface area contributed by atoms with Crippen molar-refractivity contribution in [3.8, 4) is 11.4 Å². The molecule has 0 fully saturated rings. The number of nitrogens with zero attached hydrogens (tertiary/aromatic N) is 2. The third-order valence-electron chi connectivity index (χ3n) is 2.95. The lowest BCUT2D eigenvalue weighted by Gasteiger charge is -1.99. The highest BCUT2D eigenvalue weighted by molar-refractivity contribution is 9.10. The Hall–Kier alpha value is -1.86. The number of hydrogen-bond acceptors (Lipinski definition) is 3. The molecule has 20 heavy (non-hydrogen) atoms. The highest BCUT2D eigenvalue weighted by Crippen LogP contribution is 2.27. The lowest BCUT2D eigenvalue weighted by molar-refractivity contribution is 0.832. The molecule has 0 unspecified atom stereocenters. The van der Waals surface area contributed by atoms with Gasteiger partial charge >= 0.3 is 5.69 Å². The Morgan fingerprint density at radius 1 is 1.30 bits per heavy atom. The van der Waals surface area contributed by atoms with Crippen molar-refractivity contribution in [2.24, 2.45) is 7.05 Å². The number of hydrogen-bond donors (Lipinski definition) is 2. The van der Waals surface area contributed by atoms with Gasteiger partial charge in [-0.3, -0.25) is 14.3 Å². The van der Waals surface area contributed by atoms with Crippen LogP contribution in [0.2, 0.25) is 5.02 Å². The maximum atomic E-state index is 11.7. The highest BCUT2D eigenvalue weighted by atomic mass is 79.9. The van der Waals surface area contributed by atoms with E-state index in [1.165, 1.54) is 4.57 Å². The van der Waals surface area contributed by atoms with E-state index in [9.17, 15) is 9.59 Å². The molecule has 0 aliphatic rings. The number of aromatic amines is 2. The minimum atomic E-state index is -0.502. The van der Waals surface area contributed by atoms with Crippen LogP contribution in [0.25, 0.3) is 22.6 Å². The fourth-order valence-electron chi connectivity index (χ4n) is 1.88. The van der Waals surface area contributed by atoms with Crippen molar-refractivity contribution in [2.75, 3.05) is 0 Å². The zero-order chi connectivity index (χ0) is 14.4. The number of halogens is 2. The monoisotopic (exact) mass is 354 g/mol. The fourth-order valence-corrected chi connectivity index (χ4v) is 2.38. The first-order valence-electron chi connectivity index (χ1n) is 5.62. The largest absolute Gasteiger partial charge is 0.332 e. The average molecular weight is 356 g/mol. The minimum absolute atomic E-state index is 0.258. The quantitative estimate of drug-likeness (QED) is 0.700. The van der Waals surface area contributed by atoms with Crippen LogP contribution in [0.4, 0.5) is 0 Å². The summed E-state index contributed by atoms with van der Waals surface area (Å²) in [5.41, 5.74) is 0.324. The van der Waals surface area contributed by atoms with Gasteiger partial charge in [0.1, 0.15) is 11.3 Å². The van der Waals surface area contributed by atoms with E-state index >= 15 is 0 Å². The van der Waals surface area contributed by atoms with Crippen LogP contribution in [-0.2, 0) is 7.05 Å². The fraction of sp³-hybridized carbons (Fsp3) is 0.0833. The summed E-state index contributed by atoms with van der Waals surface area (Å²) >= 11 is 9.27. The zero-order valence-corrected chi connectivity index (χ0v) is 12.5. The molecular formula is C12H8BrClN4O2. The van der Waals surface area contributed by atoms with Gasteiger partial charge in [0.25, 0.3) is 5.56 Å². The molecule has 0 aliphatic heterocycles. The van der Waals surface area contributed by atoms with Crippen molar-refractivity contribution < 1.29 is 0 Å². The Balaban J connectivity index is 2.31. The number of aryl methyl sites for hydroxylation is 1. The summed E-state index contributed by atoms with van der Waals surface area (Å²) < 4.78 is 2.00. The molecule has 3 rings (SSSR count). The highest BCUT2D eigenvalue weighted by Gasteiger charge is 2.12. The predicted molar refractivity (Wildman–Crippen MR) is 80.1 cm³/mol. The lowest BCUT2D eigenvalue weighted by Crippen LogP contribution is -2.28. The van der Waals surface area contributed by atoms with E-state index in [1.807, 2.05) is 0 Å². The van der Waals surface area contributed by atoms with E-state index in [4.69, 9.17) is 11.6 Å². The van der Waals surface area contributed by atoms with E-state index in [0.29, 0.717) is 16.5 Å². The second-order valence-corrected chi connectivity index (χ2v) is 5.49. The van der Waals surface area contributed by atoms with Crippen molar-refractivity contribution >= 4 is 38.7 Å². The predicted octanol–water partition coefficient (Wildman–Crippen LogP) is 2.03. The van der Waals surface area contributed by atoms with Gasteiger partial charge in [0.2, 0.25) is 0 Å². The molecule has 3 aromatic rings. The number of aromatic nitrogens is 4. The van der Waals surface area contributed by atoms with Gasteiger partial charge < -0.3 is 4.98 Å². The molecule has 0 saturated carbocycles. The summed E-state index contributed by atoms with van der Waals surface area (Å²) in [5, 5.41) is 0.579. The summed E-state index contributed by atoms with van der Waals surface area (Å²) in [5.74, 6) is 0.490. The molecule has 2 aromatic heterocycles. The molecule has 0 atom stereocenters. The van der Waals surface area contributed by atoms with Gasteiger partial charge in [-0.2, -0.15) is 0 Å². The first kappa shape index (κ1) is 13.1. The topological polar surface area (TPSA) is 83.5 Å². The molecule has 1 aromatic carbocycles. The van der Waals surface area contributed by atoms with Crippen molar-refractivity contribution in [3.63, 3.8) is 0 Å². The van der Waals surface area contributed by atoms with Crippen LogP contribution in [0.5, 0.6) is 0 Å². The molecule has 102 valence electrons. The molecule has 2 N–H and O–H groups in total. The van der Waals surface area contributed by atoms with Crippen LogP contribution < -0.4 is 11.2 Å². The van der Waals surface area contributed by atoms with Gasteiger partial charge in [-0.25, -0.2) is 9.78 Å². The van der Waals surface area contributed by atoms with Gasteiger partial charge in [0.05, 0.1) is 5.02 Å². The smallest absolute Gasteiger partial charge is 0.329 e. The Bertz CT molecular complexity index is 941. The first-order valence-corrected chi connectivity index (χ1v) is 6.79. The van der Waals surface area contributed by atoms with Gasteiger partial charge in [-0.05, 0) is 34.1 Å². The summed E-state index contributed by atoms with van der Waals surface area (Å²) in [7, 11) is 1.54. The van der Waals surface area contributed by atoms with Crippen LogP contribution in [0.1, 0.15) is 0 Å². The molecule has 8 heteroatoms. The molecule has 0 aliphatic carbocycles. The van der Waals surface area contributed by atoms with E-state index in [1.54, 1.807) is 25.2 Å². The molecular weight excluding hydrogens is 348 g/mol. The van der Waals surface area contributed by atoms with Gasteiger partial charge in [0.15, 0.2) is 5.65 Å². The number of nitrogens with one attached hydrogen (secondary N) is 2. The number of imidazole rings is 1. The van der Waals surface area contributed by atoms with Crippen molar-refractivity contribution in [1.29, 1.82) is 0 Å². The van der Waals surface area contributed by atoms with Crippen LogP contribution in [0.15, 0.2) is 32.3 Å². The molecule has 0 spiro atoms. The Labute approximate surface area is 125 Å². The second kappa shape index (κ2) is 4.60. The number of rotatable bonds is 1. The van der Waals surface area contributed by atoms with Crippen molar-refractivity contribution in [1.82, 2.24) is 19.5 Å². The molecule has 0 radical (unpaired) electrons.